The van der Waals surface area contributed by atoms with Crippen LogP contribution in [0.25, 0.3) is 0 Å². The van der Waals surface area contributed by atoms with E-state index in [1.807, 2.05) is 0 Å². The van der Waals surface area contributed by atoms with E-state index in [1.54, 1.807) is 0 Å². The van der Waals surface area contributed by atoms with Gasteiger partial charge < -0.3 is 9.30 Å². The number of rotatable bonds is 0. The molecule has 0 saturated heterocycles. The molecule has 1 aliphatic rings. The molecule has 0 aromatic carbocycles. The number of nitrogens with zero attached hydrogens (tertiary/aromatic N) is 1. The topological polar surface area (TPSA) is 14.2 Å². The average Bonchev–Trinajstić information content (AvgIpc) is 2.30. The summed E-state index contributed by atoms with van der Waals surface area (Å²) in [5.74, 6) is 0.523. The molecule has 3 heteroatoms. The molecule has 72 valence electrons. The molecule has 2 heterocycles. The summed E-state index contributed by atoms with van der Waals surface area (Å²) >= 11 is 3.55. The van der Waals surface area contributed by atoms with Crippen molar-refractivity contribution in [2.75, 3.05) is 13.2 Å². The molecule has 0 saturated carbocycles. The van der Waals surface area contributed by atoms with Crippen LogP contribution in [0.2, 0.25) is 0 Å². The van der Waals surface area contributed by atoms with Crippen LogP contribution in [0.5, 0.6) is 0 Å². The maximum atomic E-state index is 5.51. The fourth-order valence-corrected chi connectivity index (χ4v) is 2.35. The van der Waals surface area contributed by atoms with Crippen LogP contribution in [0.4, 0.5) is 0 Å². The lowest BCUT2D eigenvalue weighted by molar-refractivity contribution is 0.132. The van der Waals surface area contributed by atoms with Crippen molar-refractivity contribution in [3.63, 3.8) is 0 Å². The SMILES string of the molecule is CC1COCCc2c1cc(Br)n2C. The third kappa shape index (κ3) is 1.55. The number of hydrogen-bond donors (Lipinski definition) is 0. The van der Waals surface area contributed by atoms with E-state index in [2.05, 4.69) is 40.5 Å². The lowest BCUT2D eigenvalue weighted by Gasteiger charge is -2.07. The van der Waals surface area contributed by atoms with Gasteiger partial charge in [0, 0.05) is 25.1 Å². The molecule has 1 aromatic heterocycles. The fourth-order valence-electron chi connectivity index (χ4n) is 1.89. The smallest absolute Gasteiger partial charge is 0.0848 e. The van der Waals surface area contributed by atoms with Crippen molar-refractivity contribution >= 4 is 15.9 Å². The molecule has 2 nitrogen and oxygen atoms in total. The van der Waals surface area contributed by atoms with E-state index in [9.17, 15) is 0 Å². The second kappa shape index (κ2) is 3.46. The van der Waals surface area contributed by atoms with Gasteiger partial charge in [0.15, 0.2) is 0 Å². The zero-order valence-electron chi connectivity index (χ0n) is 8.01. The van der Waals surface area contributed by atoms with Crippen molar-refractivity contribution in [3.8, 4) is 0 Å². The Labute approximate surface area is 87.0 Å². The van der Waals surface area contributed by atoms with E-state index in [0.29, 0.717) is 5.92 Å². The van der Waals surface area contributed by atoms with Gasteiger partial charge in [0.05, 0.1) is 17.8 Å². The van der Waals surface area contributed by atoms with Crippen molar-refractivity contribution in [2.45, 2.75) is 19.3 Å². The van der Waals surface area contributed by atoms with Crippen LogP contribution < -0.4 is 0 Å². The van der Waals surface area contributed by atoms with Gasteiger partial charge in [-0.15, -0.1) is 0 Å². The first-order valence-corrected chi connectivity index (χ1v) is 5.41. The summed E-state index contributed by atoms with van der Waals surface area (Å²) in [4.78, 5) is 0. The molecule has 1 aromatic rings. The Morgan fingerprint density at radius 2 is 2.38 bits per heavy atom. The molecule has 13 heavy (non-hydrogen) atoms. The van der Waals surface area contributed by atoms with E-state index in [4.69, 9.17) is 4.74 Å². The zero-order chi connectivity index (χ0) is 9.42. The minimum atomic E-state index is 0.523. The fraction of sp³-hybridized carbons (Fsp3) is 0.600. The first-order chi connectivity index (χ1) is 6.20. The van der Waals surface area contributed by atoms with Crippen molar-refractivity contribution in [3.05, 3.63) is 21.9 Å². The minimum Gasteiger partial charge on any atom is -0.380 e. The lowest BCUT2D eigenvalue weighted by Crippen LogP contribution is -2.00. The summed E-state index contributed by atoms with van der Waals surface area (Å²) in [6, 6.07) is 2.22. The Morgan fingerprint density at radius 3 is 3.15 bits per heavy atom. The molecule has 0 bridgehead atoms. The quantitative estimate of drug-likeness (QED) is 0.683. The van der Waals surface area contributed by atoms with Crippen molar-refractivity contribution < 1.29 is 4.74 Å². The first-order valence-electron chi connectivity index (χ1n) is 4.62. The number of aromatic nitrogens is 1. The molecule has 1 aliphatic heterocycles. The normalized spacial score (nSPS) is 22.5. The van der Waals surface area contributed by atoms with Crippen LogP contribution in [0, 0.1) is 0 Å². The summed E-state index contributed by atoms with van der Waals surface area (Å²) in [7, 11) is 2.10. The van der Waals surface area contributed by atoms with Crippen LogP contribution >= 0.6 is 15.9 Å². The van der Waals surface area contributed by atoms with Gasteiger partial charge in [0.2, 0.25) is 0 Å². The zero-order valence-corrected chi connectivity index (χ0v) is 9.60. The van der Waals surface area contributed by atoms with Crippen LogP contribution in [0.15, 0.2) is 10.7 Å². The predicted octanol–water partition coefficient (Wildman–Crippen LogP) is 2.46. The van der Waals surface area contributed by atoms with Gasteiger partial charge in [-0.05, 0) is 27.6 Å². The predicted molar refractivity (Wildman–Crippen MR) is 56.1 cm³/mol. The largest absolute Gasteiger partial charge is 0.380 e. The highest BCUT2D eigenvalue weighted by Gasteiger charge is 2.19. The highest BCUT2D eigenvalue weighted by atomic mass is 79.9. The molecule has 1 atom stereocenters. The van der Waals surface area contributed by atoms with Crippen molar-refractivity contribution in [1.29, 1.82) is 0 Å². The Bertz CT molecular complexity index is 319. The third-order valence-corrected chi connectivity index (χ3v) is 3.48. The first kappa shape index (κ1) is 9.28. The monoisotopic (exact) mass is 243 g/mol. The molecule has 0 radical (unpaired) electrons. The van der Waals surface area contributed by atoms with Gasteiger partial charge in [-0.2, -0.15) is 0 Å². The van der Waals surface area contributed by atoms with Crippen LogP contribution in [0.3, 0.4) is 0 Å². The Hall–Kier alpha value is -0.280. The van der Waals surface area contributed by atoms with Gasteiger partial charge in [-0.1, -0.05) is 6.92 Å². The molecule has 2 rings (SSSR count). The van der Waals surface area contributed by atoms with Crippen LogP contribution in [-0.2, 0) is 18.2 Å². The van der Waals surface area contributed by atoms with Crippen LogP contribution in [-0.4, -0.2) is 17.8 Å². The van der Waals surface area contributed by atoms with Gasteiger partial charge >= 0.3 is 0 Å². The number of halogens is 1. The molecule has 0 fully saturated rings. The molecule has 0 spiro atoms. The maximum absolute atomic E-state index is 5.51. The van der Waals surface area contributed by atoms with E-state index in [-0.39, 0.29) is 0 Å². The third-order valence-electron chi connectivity index (χ3n) is 2.72. The summed E-state index contributed by atoms with van der Waals surface area (Å²) in [5.41, 5.74) is 2.85. The minimum absolute atomic E-state index is 0.523. The summed E-state index contributed by atoms with van der Waals surface area (Å²) in [6.07, 6.45) is 1.03. The van der Waals surface area contributed by atoms with Gasteiger partial charge in [-0.25, -0.2) is 0 Å². The second-order valence-corrected chi connectivity index (χ2v) is 4.47. The second-order valence-electron chi connectivity index (χ2n) is 3.65. The average molecular weight is 244 g/mol. The highest BCUT2D eigenvalue weighted by Crippen LogP contribution is 2.29. The van der Waals surface area contributed by atoms with Crippen molar-refractivity contribution in [2.24, 2.45) is 7.05 Å². The Balaban J connectivity index is 2.47. The van der Waals surface area contributed by atoms with Gasteiger partial charge in [0.1, 0.15) is 0 Å². The highest BCUT2D eigenvalue weighted by molar-refractivity contribution is 9.10. The standard InChI is InChI=1S/C10H14BrNO/c1-7-6-13-4-3-9-8(7)5-10(11)12(9)2/h5,7H,3-4,6H2,1-2H3. The number of ether oxygens (including phenoxy) is 1. The molecule has 0 N–H and O–H groups in total. The Morgan fingerprint density at radius 1 is 1.62 bits per heavy atom. The Kier molecular flexibility index (Phi) is 2.47. The van der Waals surface area contributed by atoms with Gasteiger partial charge in [0.25, 0.3) is 0 Å². The van der Waals surface area contributed by atoms with E-state index < -0.39 is 0 Å². The number of hydrogen-bond acceptors (Lipinski definition) is 1. The van der Waals surface area contributed by atoms with E-state index in [1.165, 1.54) is 15.9 Å². The lowest BCUT2D eigenvalue weighted by atomic mass is 10.0. The van der Waals surface area contributed by atoms with Gasteiger partial charge in [-0.3, -0.25) is 0 Å². The molecule has 1 unspecified atom stereocenters. The summed E-state index contributed by atoms with van der Waals surface area (Å²) in [6.45, 7) is 3.92. The van der Waals surface area contributed by atoms with Crippen LogP contribution in [0.1, 0.15) is 24.1 Å². The summed E-state index contributed by atoms with van der Waals surface area (Å²) in [5, 5.41) is 0. The van der Waals surface area contributed by atoms with Crippen molar-refractivity contribution in [1.82, 2.24) is 4.57 Å². The van der Waals surface area contributed by atoms with E-state index in [0.717, 1.165) is 19.6 Å². The summed E-state index contributed by atoms with van der Waals surface area (Å²) < 4.78 is 8.90. The molecule has 0 amide bonds. The van der Waals surface area contributed by atoms with E-state index >= 15 is 0 Å². The molecular weight excluding hydrogens is 230 g/mol. The molecule has 0 aliphatic carbocycles. The number of fused-ring (bicyclic) bond motifs is 1. The molecular formula is C10H14BrNO. The maximum Gasteiger partial charge on any atom is 0.0848 e.